The fourth-order valence-corrected chi connectivity index (χ4v) is 3.39. The second kappa shape index (κ2) is 8.65. The topological polar surface area (TPSA) is 66.7 Å². The number of hydrogen-bond donors (Lipinski definition) is 2. The summed E-state index contributed by atoms with van der Waals surface area (Å²) in [6, 6.07) is 4.14. The van der Waals surface area contributed by atoms with Gasteiger partial charge >= 0.3 is 0 Å². The number of piperidine rings is 1. The highest BCUT2D eigenvalue weighted by Crippen LogP contribution is 2.31. The first kappa shape index (κ1) is 19.0. The van der Waals surface area contributed by atoms with Gasteiger partial charge in [-0.05, 0) is 45.4 Å². The number of hydrogen-bond acceptors (Lipinski definition) is 4. The molecule has 24 heavy (non-hydrogen) atoms. The van der Waals surface area contributed by atoms with E-state index >= 15 is 0 Å². The van der Waals surface area contributed by atoms with Crippen molar-refractivity contribution in [3.8, 4) is 0 Å². The number of carbonyl (C=O) groups is 1. The van der Waals surface area contributed by atoms with Crippen molar-refractivity contribution in [2.45, 2.75) is 51.4 Å². The van der Waals surface area contributed by atoms with Gasteiger partial charge in [-0.3, -0.25) is 9.69 Å². The number of rotatable bonds is 7. The Hall–Kier alpha value is -1.37. The van der Waals surface area contributed by atoms with Crippen LogP contribution in [0.1, 0.15) is 55.3 Å². The van der Waals surface area contributed by atoms with Crippen LogP contribution >= 0.6 is 0 Å². The standard InChI is InChI=1S/C18H31N3O3/c1-13(2)24-12-14(22)11-21-10-6-5-7-16(21)15-8-9-17(20(15)4)18(23)19-3/h8-9,13-14,16,22H,5-7,10-12H2,1-4H3,(H,19,23)/t14-,16-/m0/s1. The summed E-state index contributed by atoms with van der Waals surface area (Å²) in [6.45, 7) is 5.86. The molecule has 1 aromatic rings. The molecule has 0 radical (unpaired) electrons. The average molecular weight is 337 g/mol. The van der Waals surface area contributed by atoms with Crippen LogP contribution < -0.4 is 5.32 Å². The van der Waals surface area contributed by atoms with E-state index in [0.29, 0.717) is 18.8 Å². The number of likely N-dealkylation sites (tertiary alicyclic amines) is 1. The lowest BCUT2D eigenvalue weighted by atomic mass is 9.99. The Labute approximate surface area is 144 Å². The van der Waals surface area contributed by atoms with E-state index < -0.39 is 6.10 Å². The van der Waals surface area contributed by atoms with Gasteiger partial charge in [-0.1, -0.05) is 6.42 Å². The number of amides is 1. The third-order valence-electron chi connectivity index (χ3n) is 4.64. The van der Waals surface area contributed by atoms with Crippen LogP contribution in [0.2, 0.25) is 0 Å². The minimum atomic E-state index is -0.494. The van der Waals surface area contributed by atoms with Gasteiger partial charge in [-0.15, -0.1) is 0 Å². The second-order valence-corrected chi connectivity index (χ2v) is 6.82. The summed E-state index contributed by atoms with van der Waals surface area (Å²) in [7, 11) is 3.58. The van der Waals surface area contributed by atoms with E-state index in [1.807, 2.05) is 37.6 Å². The van der Waals surface area contributed by atoms with Crippen molar-refractivity contribution in [2.24, 2.45) is 7.05 Å². The summed E-state index contributed by atoms with van der Waals surface area (Å²) in [5.74, 6) is -0.0727. The van der Waals surface area contributed by atoms with Gasteiger partial charge in [0, 0.05) is 26.3 Å². The highest BCUT2D eigenvalue weighted by molar-refractivity contribution is 5.92. The maximum absolute atomic E-state index is 11.9. The van der Waals surface area contributed by atoms with Crippen molar-refractivity contribution in [3.63, 3.8) is 0 Å². The Bertz CT molecular complexity index is 542. The van der Waals surface area contributed by atoms with E-state index in [4.69, 9.17) is 4.74 Å². The number of nitrogens with zero attached hydrogens (tertiary/aromatic N) is 2. The zero-order valence-electron chi connectivity index (χ0n) is 15.3. The fraction of sp³-hybridized carbons (Fsp3) is 0.722. The van der Waals surface area contributed by atoms with Crippen LogP contribution in [0, 0.1) is 0 Å². The summed E-state index contributed by atoms with van der Waals surface area (Å²) in [6.07, 6.45) is 2.98. The molecule has 1 aliphatic heterocycles. The summed E-state index contributed by atoms with van der Waals surface area (Å²) in [4.78, 5) is 14.3. The predicted octanol–water partition coefficient (Wildman–Crippen LogP) is 1.70. The van der Waals surface area contributed by atoms with Crippen molar-refractivity contribution in [3.05, 3.63) is 23.5 Å². The van der Waals surface area contributed by atoms with E-state index in [1.54, 1.807) is 7.05 Å². The number of aromatic nitrogens is 1. The van der Waals surface area contributed by atoms with Crippen molar-refractivity contribution < 1.29 is 14.6 Å². The van der Waals surface area contributed by atoms with E-state index in [9.17, 15) is 9.90 Å². The van der Waals surface area contributed by atoms with Crippen LogP contribution in [0.15, 0.2) is 12.1 Å². The van der Waals surface area contributed by atoms with Crippen LogP contribution in [-0.2, 0) is 11.8 Å². The monoisotopic (exact) mass is 337 g/mol. The summed E-state index contributed by atoms with van der Waals surface area (Å²) in [5, 5.41) is 13.0. The van der Waals surface area contributed by atoms with E-state index in [-0.39, 0.29) is 18.1 Å². The van der Waals surface area contributed by atoms with Gasteiger partial charge in [0.15, 0.2) is 0 Å². The third kappa shape index (κ3) is 4.59. The predicted molar refractivity (Wildman–Crippen MR) is 94.1 cm³/mol. The zero-order valence-corrected chi connectivity index (χ0v) is 15.3. The molecule has 0 aliphatic carbocycles. The van der Waals surface area contributed by atoms with Gasteiger partial charge < -0.3 is 19.7 Å². The van der Waals surface area contributed by atoms with Gasteiger partial charge in [-0.2, -0.15) is 0 Å². The highest BCUT2D eigenvalue weighted by atomic mass is 16.5. The Balaban J connectivity index is 2.09. The molecule has 6 nitrogen and oxygen atoms in total. The van der Waals surface area contributed by atoms with Crippen LogP contribution in [0.5, 0.6) is 0 Å². The lowest BCUT2D eigenvalue weighted by molar-refractivity contribution is -0.0193. The quantitative estimate of drug-likeness (QED) is 0.795. The Morgan fingerprint density at radius 1 is 1.42 bits per heavy atom. The molecule has 1 amide bonds. The molecule has 0 unspecified atom stereocenters. The first-order valence-electron chi connectivity index (χ1n) is 8.85. The summed E-state index contributed by atoms with van der Waals surface area (Å²) in [5.41, 5.74) is 1.80. The Morgan fingerprint density at radius 3 is 2.83 bits per heavy atom. The van der Waals surface area contributed by atoms with Gasteiger partial charge in [0.25, 0.3) is 5.91 Å². The first-order chi connectivity index (χ1) is 11.4. The Morgan fingerprint density at radius 2 is 2.17 bits per heavy atom. The molecule has 2 atom stereocenters. The number of β-amino-alcohol motifs (C(OH)–C–C–N with tert-alkyl or cyclic N) is 1. The fourth-order valence-electron chi connectivity index (χ4n) is 3.39. The smallest absolute Gasteiger partial charge is 0.267 e. The lowest BCUT2D eigenvalue weighted by Gasteiger charge is -2.37. The number of carbonyl (C=O) groups excluding carboxylic acids is 1. The molecule has 136 valence electrons. The van der Waals surface area contributed by atoms with Crippen LogP contribution in [0.4, 0.5) is 0 Å². The molecule has 6 heteroatoms. The molecule has 2 rings (SSSR count). The van der Waals surface area contributed by atoms with Gasteiger partial charge in [0.05, 0.1) is 24.9 Å². The molecule has 0 aromatic carbocycles. The largest absolute Gasteiger partial charge is 0.389 e. The second-order valence-electron chi connectivity index (χ2n) is 6.82. The van der Waals surface area contributed by atoms with E-state index in [2.05, 4.69) is 10.2 Å². The maximum atomic E-state index is 11.9. The van der Waals surface area contributed by atoms with Crippen molar-refractivity contribution in [1.82, 2.24) is 14.8 Å². The minimum Gasteiger partial charge on any atom is -0.389 e. The van der Waals surface area contributed by atoms with E-state index in [0.717, 1.165) is 25.1 Å². The normalized spacial score (nSPS) is 20.3. The first-order valence-corrected chi connectivity index (χ1v) is 8.85. The highest BCUT2D eigenvalue weighted by Gasteiger charge is 2.28. The van der Waals surface area contributed by atoms with Gasteiger partial charge in [0.1, 0.15) is 5.69 Å². The molecule has 1 aromatic heterocycles. The Kier molecular flexibility index (Phi) is 6.83. The number of nitrogens with one attached hydrogen (secondary N) is 1. The van der Waals surface area contributed by atoms with Crippen LogP contribution in [-0.4, -0.2) is 59.4 Å². The van der Waals surface area contributed by atoms with Gasteiger partial charge in [0.2, 0.25) is 0 Å². The molecular formula is C18H31N3O3. The third-order valence-corrected chi connectivity index (χ3v) is 4.64. The van der Waals surface area contributed by atoms with E-state index in [1.165, 1.54) is 6.42 Å². The molecule has 1 aliphatic rings. The number of aliphatic hydroxyl groups excluding tert-OH is 1. The molecule has 2 heterocycles. The molecule has 0 spiro atoms. The summed E-state index contributed by atoms with van der Waals surface area (Å²) < 4.78 is 7.50. The number of ether oxygens (including phenoxy) is 1. The molecule has 1 fully saturated rings. The molecule has 2 N–H and O–H groups in total. The molecule has 0 saturated carbocycles. The maximum Gasteiger partial charge on any atom is 0.267 e. The SMILES string of the molecule is CNC(=O)c1ccc([C@@H]2CCCCN2C[C@H](O)COC(C)C)n1C. The van der Waals surface area contributed by atoms with Crippen LogP contribution in [0.3, 0.4) is 0 Å². The van der Waals surface area contributed by atoms with Crippen molar-refractivity contribution in [2.75, 3.05) is 26.7 Å². The summed E-state index contributed by atoms with van der Waals surface area (Å²) >= 11 is 0. The van der Waals surface area contributed by atoms with Crippen LogP contribution in [0.25, 0.3) is 0 Å². The lowest BCUT2D eigenvalue weighted by Crippen LogP contribution is -2.41. The molecular weight excluding hydrogens is 306 g/mol. The van der Waals surface area contributed by atoms with Gasteiger partial charge in [-0.25, -0.2) is 0 Å². The van der Waals surface area contributed by atoms with Crippen molar-refractivity contribution >= 4 is 5.91 Å². The molecule has 1 saturated heterocycles. The van der Waals surface area contributed by atoms with Crippen molar-refractivity contribution in [1.29, 1.82) is 0 Å². The number of aliphatic hydroxyl groups is 1. The molecule has 0 bridgehead atoms. The zero-order chi connectivity index (χ0) is 17.7. The minimum absolute atomic E-state index is 0.0727. The average Bonchev–Trinajstić information content (AvgIpc) is 2.94.